The van der Waals surface area contributed by atoms with Gasteiger partial charge in [0.1, 0.15) is 0 Å². The molecular formula is C13H13NO3. The number of aryl methyl sites for hydroxylation is 1. The summed E-state index contributed by atoms with van der Waals surface area (Å²) in [6, 6.07) is 7.81. The van der Waals surface area contributed by atoms with Crippen LogP contribution in [-0.2, 0) is 11.2 Å². The van der Waals surface area contributed by atoms with Crippen molar-refractivity contribution in [1.29, 1.82) is 0 Å². The number of ether oxygens (including phenoxy) is 1. The SMILES string of the molecule is CCc1ccc(-c2ocnc2C(=O)OC)cc1. The van der Waals surface area contributed by atoms with Crippen LogP contribution in [0.2, 0.25) is 0 Å². The van der Waals surface area contributed by atoms with Gasteiger partial charge in [0, 0.05) is 5.56 Å². The van der Waals surface area contributed by atoms with E-state index in [9.17, 15) is 4.79 Å². The summed E-state index contributed by atoms with van der Waals surface area (Å²) in [6.45, 7) is 2.09. The molecule has 2 aromatic rings. The molecule has 0 saturated carbocycles. The molecule has 0 radical (unpaired) electrons. The van der Waals surface area contributed by atoms with Crippen LogP contribution in [-0.4, -0.2) is 18.1 Å². The second-order valence-electron chi connectivity index (χ2n) is 3.57. The minimum Gasteiger partial charge on any atom is -0.464 e. The van der Waals surface area contributed by atoms with E-state index >= 15 is 0 Å². The maximum atomic E-state index is 11.4. The standard InChI is InChI=1S/C13H13NO3/c1-3-9-4-6-10(7-5-9)12-11(13(15)16-2)14-8-17-12/h4-8H,3H2,1-2H3. The fraction of sp³-hybridized carbons (Fsp3) is 0.231. The minimum atomic E-state index is -0.492. The van der Waals surface area contributed by atoms with E-state index in [0.29, 0.717) is 5.76 Å². The van der Waals surface area contributed by atoms with E-state index in [1.165, 1.54) is 19.1 Å². The zero-order valence-corrected chi connectivity index (χ0v) is 9.77. The number of rotatable bonds is 3. The Kier molecular flexibility index (Phi) is 3.23. The molecule has 0 spiro atoms. The molecule has 1 heterocycles. The van der Waals surface area contributed by atoms with Gasteiger partial charge in [0.05, 0.1) is 7.11 Å². The van der Waals surface area contributed by atoms with Crippen molar-refractivity contribution in [3.63, 3.8) is 0 Å². The van der Waals surface area contributed by atoms with Gasteiger partial charge in [-0.15, -0.1) is 0 Å². The van der Waals surface area contributed by atoms with Gasteiger partial charge in [-0.05, 0) is 12.0 Å². The predicted molar refractivity (Wildman–Crippen MR) is 62.7 cm³/mol. The molecule has 88 valence electrons. The van der Waals surface area contributed by atoms with Gasteiger partial charge in [0.25, 0.3) is 0 Å². The summed E-state index contributed by atoms with van der Waals surface area (Å²) < 4.78 is 9.88. The number of esters is 1. The molecule has 0 aliphatic rings. The maximum Gasteiger partial charge on any atom is 0.360 e. The molecule has 0 N–H and O–H groups in total. The Labute approximate surface area is 99.2 Å². The normalized spacial score (nSPS) is 10.2. The highest BCUT2D eigenvalue weighted by atomic mass is 16.5. The Morgan fingerprint density at radius 1 is 1.35 bits per heavy atom. The molecule has 0 aliphatic carbocycles. The van der Waals surface area contributed by atoms with Crippen LogP contribution in [0.15, 0.2) is 35.1 Å². The van der Waals surface area contributed by atoms with Crippen molar-refractivity contribution in [3.05, 3.63) is 41.9 Å². The summed E-state index contributed by atoms with van der Waals surface area (Å²) in [6.07, 6.45) is 2.22. The molecule has 1 aromatic heterocycles. The molecule has 0 aliphatic heterocycles. The Bertz CT molecular complexity index is 514. The smallest absolute Gasteiger partial charge is 0.360 e. The van der Waals surface area contributed by atoms with E-state index in [-0.39, 0.29) is 5.69 Å². The molecule has 0 atom stereocenters. The van der Waals surface area contributed by atoms with Gasteiger partial charge < -0.3 is 9.15 Å². The quantitative estimate of drug-likeness (QED) is 0.762. The topological polar surface area (TPSA) is 52.3 Å². The number of nitrogens with zero attached hydrogens (tertiary/aromatic N) is 1. The predicted octanol–water partition coefficient (Wildman–Crippen LogP) is 2.69. The minimum absolute atomic E-state index is 0.205. The first-order chi connectivity index (χ1) is 8.26. The molecule has 0 unspecified atom stereocenters. The van der Waals surface area contributed by atoms with Crippen LogP contribution < -0.4 is 0 Å². The Morgan fingerprint density at radius 2 is 2.06 bits per heavy atom. The van der Waals surface area contributed by atoms with E-state index < -0.39 is 5.97 Å². The van der Waals surface area contributed by atoms with Crippen molar-refractivity contribution in [2.75, 3.05) is 7.11 Å². The summed E-state index contributed by atoms with van der Waals surface area (Å²) in [5.74, 6) is -0.0483. The highest BCUT2D eigenvalue weighted by Crippen LogP contribution is 2.24. The van der Waals surface area contributed by atoms with Gasteiger partial charge in [-0.1, -0.05) is 31.2 Å². The lowest BCUT2D eigenvalue weighted by Crippen LogP contribution is -2.03. The van der Waals surface area contributed by atoms with Gasteiger partial charge in [0.15, 0.2) is 17.8 Å². The monoisotopic (exact) mass is 231 g/mol. The number of methoxy groups -OCH3 is 1. The van der Waals surface area contributed by atoms with E-state index in [1.807, 2.05) is 24.3 Å². The highest BCUT2D eigenvalue weighted by Gasteiger charge is 2.18. The molecule has 4 nitrogen and oxygen atoms in total. The van der Waals surface area contributed by atoms with E-state index in [1.54, 1.807) is 0 Å². The zero-order chi connectivity index (χ0) is 12.3. The number of hydrogen-bond acceptors (Lipinski definition) is 4. The first-order valence-corrected chi connectivity index (χ1v) is 5.37. The third kappa shape index (κ3) is 2.20. The molecule has 0 bridgehead atoms. The Hall–Kier alpha value is -2.10. The van der Waals surface area contributed by atoms with Gasteiger partial charge >= 0.3 is 5.97 Å². The van der Waals surface area contributed by atoms with Crippen LogP contribution in [0.5, 0.6) is 0 Å². The first-order valence-electron chi connectivity index (χ1n) is 5.37. The zero-order valence-electron chi connectivity index (χ0n) is 9.77. The molecule has 0 saturated heterocycles. The lowest BCUT2D eigenvalue weighted by atomic mass is 10.1. The number of benzene rings is 1. The summed E-state index contributed by atoms with van der Waals surface area (Å²) in [4.78, 5) is 15.3. The number of carbonyl (C=O) groups is 1. The van der Waals surface area contributed by atoms with Crippen LogP contribution in [0.3, 0.4) is 0 Å². The lowest BCUT2D eigenvalue weighted by Gasteiger charge is -2.01. The van der Waals surface area contributed by atoms with Gasteiger partial charge in [0.2, 0.25) is 0 Å². The van der Waals surface area contributed by atoms with Gasteiger partial charge in [-0.2, -0.15) is 0 Å². The number of oxazole rings is 1. The molecule has 0 amide bonds. The van der Waals surface area contributed by atoms with Crippen LogP contribution in [0, 0.1) is 0 Å². The van der Waals surface area contributed by atoms with Crippen molar-refractivity contribution in [1.82, 2.24) is 4.98 Å². The van der Waals surface area contributed by atoms with Gasteiger partial charge in [-0.25, -0.2) is 9.78 Å². The molecule has 0 fully saturated rings. The Balaban J connectivity index is 2.39. The molecule has 17 heavy (non-hydrogen) atoms. The van der Waals surface area contributed by atoms with Crippen molar-refractivity contribution < 1.29 is 13.9 Å². The van der Waals surface area contributed by atoms with E-state index in [4.69, 9.17) is 4.42 Å². The number of aromatic nitrogens is 1. The molecule has 2 rings (SSSR count). The van der Waals surface area contributed by atoms with E-state index in [2.05, 4.69) is 16.6 Å². The molecule has 4 heteroatoms. The lowest BCUT2D eigenvalue weighted by molar-refractivity contribution is 0.0595. The molecule has 1 aromatic carbocycles. The van der Waals surface area contributed by atoms with E-state index in [0.717, 1.165) is 12.0 Å². The van der Waals surface area contributed by atoms with Crippen molar-refractivity contribution >= 4 is 5.97 Å². The summed E-state index contributed by atoms with van der Waals surface area (Å²) in [5.41, 5.74) is 2.25. The van der Waals surface area contributed by atoms with Crippen LogP contribution in [0.1, 0.15) is 23.0 Å². The van der Waals surface area contributed by atoms with Crippen molar-refractivity contribution in [2.45, 2.75) is 13.3 Å². The van der Waals surface area contributed by atoms with Crippen LogP contribution >= 0.6 is 0 Å². The first kappa shape index (κ1) is 11.4. The van der Waals surface area contributed by atoms with Crippen LogP contribution in [0.25, 0.3) is 11.3 Å². The third-order valence-corrected chi connectivity index (χ3v) is 2.57. The molecular weight excluding hydrogens is 218 g/mol. The fourth-order valence-corrected chi connectivity index (χ4v) is 1.58. The summed E-state index contributed by atoms with van der Waals surface area (Å²) in [7, 11) is 1.32. The summed E-state index contributed by atoms with van der Waals surface area (Å²) in [5, 5.41) is 0. The third-order valence-electron chi connectivity index (χ3n) is 2.57. The van der Waals surface area contributed by atoms with Gasteiger partial charge in [-0.3, -0.25) is 0 Å². The average molecular weight is 231 g/mol. The second-order valence-corrected chi connectivity index (χ2v) is 3.57. The maximum absolute atomic E-state index is 11.4. The number of hydrogen-bond donors (Lipinski definition) is 0. The second kappa shape index (κ2) is 4.82. The van der Waals surface area contributed by atoms with Crippen LogP contribution in [0.4, 0.5) is 0 Å². The van der Waals surface area contributed by atoms with Crippen molar-refractivity contribution in [2.24, 2.45) is 0 Å². The Morgan fingerprint density at radius 3 is 2.65 bits per heavy atom. The summed E-state index contributed by atoms with van der Waals surface area (Å²) >= 11 is 0. The highest BCUT2D eigenvalue weighted by molar-refractivity contribution is 5.93. The fourth-order valence-electron chi connectivity index (χ4n) is 1.58. The average Bonchev–Trinajstić information content (AvgIpc) is 2.87. The largest absolute Gasteiger partial charge is 0.464 e. The van der Waals surface area contributed by atoms with Crippen molar-refractivity contribution in [3.8, 4) is 11.3 Å². The number of carbonyl (C=O) groups excluding carboxylic acids is 1.